The summed E-state index contributed by atoms with van der Waals surface area (Å²) in [5.74, 6) is 0. The largest absolute Gasteiger partial charge is 0.345 e. The number of nitrogens with zero attached hydrogens (tertiary/aromatic N) is 3. The SMILES string of the molecule is C/C(N=Nc1ccccc1)=C1/N(C)c2ccccc2C1(C)C. The number of hydrogen-bond acceptors (Lipinski definition) is 3. The Morgan fingerprint density at radius 1 is 0.955 bits per heavy atom. The summed E-state index contributed by atoms with van der Waals surface area (Å²) in [6, 6.07) is 18.4. The van der Waals surface area contributed by atoms with Crippen molar-refractivity contribution in [1.82, 2.24) is 0 Å². The molecule has 0 fully saturated rings. The van der Waals surface area contributed by atoms with Gasteiger partial charge in [-0.05, 0) is 30.7 Å². The second kappa shape index (κ2) is 5.41. The molecule has 0 saturated heterocycles. The molecule has 1 heterocycles. The van der Waals surface area contributed by atoms with Crippen molar-refractivity contribution in [3.8, 4) is 0 Å². The van der Waals surface area contributed by atoms with Crippen LogP contribution < -0.4 is 4.90 Å². The summed E-state index contributed by atoms with van der Waals surface area (Å²) in [7, 11) is 2.10. The third kappa shape index (κ3) is 2.33. The molecule has 0 atom stereocenters. The topological polar surface area (TPSA) is 28.0 Å². The van der Waals surface area contributed by atoms with Gasteiger partial charge in [-0.2, -0.15) is 10.2 Å². The van der Waals surface area contributed by atoms with Gasteiger partial charge in [0.05, 0.1) is 17.1 Å². The first-order valence-corrected chi connectivity index (χ1v) is 7.53. The number of likely N-dealkylation sites (N-methyl/N-ethyl adjacent to an activating group) is 1. The van der Waals surface area contributed by atoms with Crippen LogP contribution in [0.2, 0.25) is 0 Å². The molecular weight excluding hydrogens is 270 g/mol. The zero-order valence-electron chi connectivity index (χ0n) is 13.5. The van der Waals surface area contributed by atoms with E-state index in [9.17, 15) is 0 Å². The van der Waals surface area contributed by atoms with Crippen molar-refractivity contribution in [1.29, 1.82) is 0 Å². The summed E-state index contributed by atoms with van der Waals surface area (Å²) in [6.45, 7) is 6.52. The van der Waals surface area contributed by atoms with Gasteiger partial charge in [-0.25, -0.2) is 0 Å². The third-order valence-corrected chi connectivity index (χ3v) is 4.28. The molecule has 2 aromatic carbocycles. The van der Waals surface area contributed by atoms with Crippen molar-refractivity contribution >= 4 is 11.4 Å². The molecule has 0 radical (unpaired) electrons. The van der Waals surface area contributed by atoms with Crippen LogP contribution in [0.4, 0.5) is 11.4 Å². The fraction of sp³-hybridized carbons (Fsp3) is 0.263. The van der Waals surface area contributed by atoms with E-state index in [0.29, 0.717) is 0 Å². The minimum atomic E-state index is -0.0644. The van der Waals surface area contributed by atoms with E-state index in [0.717, 1.165) is 11.4 Å². The van der Waals surface area contributed by atoms with Crippen molar-refractivity contribution in [2.24, 2.45) is 10.2 Å². The molecular formula is C19H21N3. The predicted octanol–water partition coefficient (Wildman–Crippen LogP) is 5.43. The Kier molecular flexibility index (Phi) is 3.57. The lowest BCUT2D eigenvalue weighted by Crippen LogP contribution is -2.24. The molecule has 3 nitrogen and oxygen atoms in total. The highest BCUT2D eigenvalue weighted by Crippen LogP contribution is 2.47. The maximum Gasteiger partial charge on any atom is 0.0856 e. The third-order valence-electron chi connectivity index (χ3n) is 4.28. The number of azo groups is 1. The number of para-hydroxylation sites is 1. The van der Waals surface area contributed by atoms with Crippen molar-refractivity contribution in [3.63, 3.8) is 0 Å². The van der Waals surface area contributed by atoms with Crippen molar-refractivity contribution in [2.75, 3.05) is 11.9 Å². The summed E-state index contributed by atoms with van der Waals surface area (Å²) in [5, 5.41) is 8.82. The zero-order chi connectivity index (χ0) is 15.7. The second-order valence-corrected chi connectivity index (χ2v) is 6.17. The average Bonchev–Trinajstić information content (AvgIpc) is 2.73. The molecule has 22 heavy (non-hydrogen) atoms. The molecule has 2 aromatic rings. The Morgan fingerprint density at radius 2 is 1.59 bits per heavy atom. The Bertz CT molecular complexity index is 742. The molecule has 3 heteroatoms. The Balaban J connectivity index is 2.02. The summed E-state index contributed by atoms with van der Waals surface area (Å²) >= 11 is 0. The van der Waals surface area contributed by atoms with E-state index < -0.39 is 0 Å². The summed E-state index contributed by atoms with van der Waals surface area (Å²) in [4.78, 5) is 2.23. The van der Waals surface area contributed by atoms with Gasteiger partial charge >= 0.3 is 0 Å². The smallest absolute Gasteiger partial charge is 0.0856 e. The highest BCUT2D eigenvalue weighted by Gasteiger charge is 2.39. The number of benzene rings is 2. The van der Waals surface area contributed by atoms with Crippen LogP contribution in [0.15, 0.2) is 76.2 Å². The van der Waals surface area contributed by atoms with Gasteiger partial charge in [0, 0.05) is 18.2 Å². The first-order valence-electron chi connectivity index (χ1n) is 7.53. The van der Waals surface area contributed by atoms with Crippen LogP contribution in [-0.4, -0.2) is 7.05 Å². The van der Waals surface area contributed by atoms with Crippen LogP contribution in [0, 0.1) is 0 Å². The monoisotopic (exact) mass is 291 g/mol. The molecule has 1 aliphatic rings. The molecule has 1 aliphatic heterocycles. The van der Waals surface area contributed by atoms with E-state index in [1.165, 1.54) is 16.9 Å². The Labute approximate surface area is 132 Å². The van der Waals surface area contributed by atoms with Gasteiger partial charge in [-0.3, -0.25) is 0 Å². The molecule has 0 aliphatic carbocycles. The van der Waals surface area contributed by atoms with Gasteiger partial charge in [0.1, 0.15) is 0 Å². The lowest BCUT2D eigenvalue weighted by molar-refractivity contribution is 0.629. The summed E-state index contributed by atoms with van der Waals surface area (Å²) in [6.07, 6.45) is 0. The minimum Gasteiger partial charge on any atom is -0.345 e. The van der Waals surface area contributed by atoms with Gasteiger partial charge < -0.3 is 4.90 Å². The fourth-order valence-electron chi connectivity index (χ4n) is 3.33. The standard InChI is InChI=1S/C19H21N3/c1-14(20-21-15-10-6-5-7-11-15)18-19(2,3)16-12-8-9-13-17(16)22(18)4/h5-13H,1-4H3/b18-14-,21-20?. The van der Waals surface area contributed by atoms with E-state index in [-0.39, 0.29) is 5.41 Å². The van der Waals surface area contributed by atoms with Gasteiger partial charge in [-0.1, -0.05) is 50.2 Å². The maximum absolute atomic E-state index is 4.47. The molecule has 0 N–H and O–H groups in total. The molecule has 0 spiro atoms. The van der Waals surface area contributed by atoms with Crippen LogP contribution >= 0.6 is 0 Å². The molecule has 0 amide bonds. The Morgan fingerprint density at radius 3 is 2.27 bits per heavy atom. The number of allylic oxidation sites excluding steroid dienone is 2. The zero-order valence-corrected chi connectivity index (χ0v) is 13.5. The molecule has 0 aromatic heterocycles. The maximum atomic E-state index is 4.47. The second-order valence-electron chi connectivity index (χ2n) is 6.17. The lowest BCUT2D eigenvalue weighted by Gasteiger charge is -2.25. The van der Waals surface area contributed by atoms with Crippen molar-refractivity contribution in [2.45, 2.75) is 26.2 Å². The van der Waals surface area contributed by atoms with Crippen LogP contribution in [0.3, 0.4) is 0 Å². The van der Waals surface area contributed by atoms with Crippen molar-refractivity contribution < 1.29 is 0 Å². The van der Waals surface area contributed by atoms with E-state index in [1.807, 2.05) is 37.3 Å². The molecule has 0 bridgehead atoms. The molecule has 0 saturated carbocycles. The van der Waals surface area contributed by atoms with Gasteiger partial charge in [0.2, 0.25) is 0 Å². The van der Waals surface area contributed by atoms with E-state index in [1.54, 1.807) is 0 Å². The molecule has 0 unspecified atom stereocenters. The van der Waals surface area contributed by atoms with Crippen LogP contribution in [-0.2, 0) is 5.41 Å². The number of rotatable bonds is 2. The van der Waals surface area contributed by atoms with Gasteiger partial charge in [0.15, 0.2) is 0 Å². The molecule has 112 valence electrons. The van der Waals surface area contributed by atoms with Gasteiger partial charge in [0.25, 0.3) is 0 Å². The van der Waals surface area contributed by atoms with Crippen LogP contribution in [0.1, 0.15) is 26.3 Å². The van der Waals surface area contributed by atoms with E-state index in [2.05, 4.69) is 60.3 Å². The van der Waals surface area contributed by atoms with E-state index in [4.69, 9.17) is 0 Å². The predicted molar refractivity (Wildman–Crippen MR) is 91.5 cm³/mol. The lowest BCUT2D eigenvalue weighted by atomic mass is 9.83. The average molecular weight is 291 g/mol. The number of fused-ring (bicyclic) bond motifs is 1. The quantitative estimate of drug-likeness (QED) is 0.678. The van der Waals surface area contributed by atoms with Crippen molar-refractivity contribution in [3.05, 3.63) is 71.6 Å². The van der Waals surface area contributed by atoms with Crippen LogP contribution in [0.25, 0.3) is 0 Å². The first-order chi connectivity index (χ1) is 10.5. The van der Waals surface area contributed by atoms with Gasteiger partial charge in [-0.15, -0.1) is 0 Å². The number of hydrogen-bond donors (Lipinski definition) is 0. The highest BCUT2D eigenvalue weighted by atomic mass is 15.2. The van der Waals surface area contributed by atoms with Crippen LogP contribution in [0.5, 0.6) is 0 Å². The number of anilines is 1. The minimum absolute atomic E-state index is 0.0644. The fourth-order valence-corrected chi connectivity index (χ4v) is 3.33. The molecule has 3 rings (SSSR count). The normalized spacial score (nSPS) is 18.6. The first kappa shape index (κ1) is 14.5. The highest BCUT2D eigenvalue weighted by molar-refractivity contribution is 5.70. The van der Waals surface area contributed by atoms with E-state index >= 15 is 0 Å². The summed E-state index contributed by atoms with van der Waals surface area (Å²) < 4.78 is 0. The summed E-state index contributed by atoms with van der Waals surface area (Å²) in [5.41, 5.74) is 5.54. The Hall–Kier alpha value is -2.42.